The number of amides is 1. The van der Waals surface area contributed by atoms with Gasteiger partial charge in [0.15, 0.2) is 11.5 Å². The Kier molecular flexibility index (Phi) is 6.92. The van der Waals surface area contributed by atoms with Crippen LogP contribution in [0.2, 0.25) is 0 Å². The molecule has 0 saturated carbocycles. The first-order valence-electron chi connectivity index (χ1n) is 8.88. The molecular weight excluding hydrogens is 450 g/mol. The Morgan fingerprint density at radius 2 is 1.90 bits per heavy atom. The number of aryl methyl sites for hydroxylation is 1. The molecule has 0 spiro atoms. The van der Waals surface area contributed by atoms with Gasteiger partial charge in [0.1, 0.15) is 0 Å². The molecule has 0 radical (unpaired) electrons. The van der Waals surface area contributed by atoms with Crippen LogP contribution in [0.25, 0.3) is 0 Å². The van der Waals surface area contributed by atoms with E-state index in [-0.39, 0.29) is 11.7 Å². The van der Waals surface area contributed by atoms with E-state index in [1.54, 1.807) is 48.5 Å². The van der Waals surface area contributed by atoms with Gasteiger partial charge in [-0.3, -0.25) is 9.78 Å². The van der Waals surface area contributed by atoms with E-state index in [2.05, 4.69) is 31.4 Å². The fourth-order valence-electron chi connectivity index (χ4n) is 2.46. The predicted octanol–water partition coefficient (Wildman–Crippen LogP) is 4.14. The highest BCUT2D eigenvalue weighted by Gasteiger charge is 2.15. The van der Waals surface area contributed by atoms with Gasteiger partial charge in [0.25, 0.3) is 5.91 Å². The normalized spacial score (nSPS) is 10.6. The average Bonchev–Trinajstić information content (AvgIpc) is 2.75. The third kappa shape index (κ3) is 5.30. The van der Waals surface area contributed by atoms with Crippen molar-refractivity contribution in [1.82, 2.24) is 10.4 Å². The molecule has 0 fully saturated rings. The van der Waals surface area contributed by atoms with Crippen LogP contribution in [0.4, 0.5) is 0 Å². The Hall–Kier alpha value is -3.52. The van der Waals surface area contributed by atoms with Crippen molar-refractivity contribution in [1.29, 1.82) is 0 Å². The zero-order valence-corrected chi connectivity index (χ0v) is 17.8. The summed E-state index contributed by atoms with van der Waals surface area (Å²) in [5.74, 6) is -0.260. The number of hydrogen-bond donors (Lipinski definition) is 1. The van der Waals surface area contributed by atoms with E-state index in [0.29, 0.717) is 26.9 Å². The van der Waals surface area contributed by atoms with Crippen LogP contribution in [0.5, 0.6) is 11.5 Å². The number of benzene rings is 2. The Morgan fingerprint density at radius 3 is 2.60 bits per heavy atom. The molecule has 152 valence electrons. The van der Waals surface area contributed by atoms with Crippen LogP contribution in [0.3, 0.4) is 0 Å². The molecule has 3 aromatic rings. The average molecular weight is 468 g/mol. The number of aromatic nitrogens is 1. The number of rotatable bonds is 6. The van der Waals surface area contributed by atoms with Crippen molar-refractivity contribution in [3.8, 4) is 11.5 Å². The van der Waals surface area contributed by atoms with Crippen molar-refractivity contribution in [2.75, 3.05) is 7.11 Å². The number of carbonyl (C=O) groups is 2. The fraction of sp³-hybridized carbons (Fsp3) is 0.0909. The third-order valence-electron chi connectivity index (χ3n) is 4.04. The summed E-state index contributed by atoms with van der Waals surface area (Å²) in [7, 11) is 1.47. The Morgan fingerprint density at radius 1 is 1.10 bits per heavy atom. The molecule has 30 heavy (non-hydrogen) atoms. The van der Waals surface area contributed by atoms with Crippen LogP contribution in [-0.4, -0.2) is 30.2 Å². The van der Waals surface area contributed by atoms with Crippen LogP contribution >= 0.6 is 15.9 Å². The number of pyridine rings is 1. The Balaban J connectivity index is 1.68. The molecule has 0 aliphatic carbocycles. The van der Waals surface area contributed by atoms with Gasteiger partial charge in [0.2, 0.25) is 0 Å². The van der Waals surface area contributed by atoms with E-state index in [1.165, 1.54) is 19.5 Å². The molecule has 2 aromatic carbocycles. The van der Waals surface area contributed by atoms with Crippen molar-refractivity contribution in [3.05, 3.63) is 87.7 Å². The molecular formula is C22H18BrN3O4. The van der Waals surface area contributed by atoms with Crippen LogP contribution in [0.15, 0.2) is 70.4 Å². The number of esters is 1. The lowest BCUT2D eigenvalue weighted by Gasteiger charge is -2.10. The summed E-state index contributed by atoms with van der Waals surface area (Å²) in [4.78, 5) is 28.5. The lowest BCUT2D eigenvalue weighted by Crippen LogP contribution is -2.17. The van der Waals surface area contributed by atoms with Crippen molar-refractivity contribution in [2.24, 2.45) is 5.10 Å². The van der Waals surface area contributed by atoms with Gasteiger partial charge in [0, 0.05) is 16.4 Å². The van der Waals surface area contributed by atoms with Crippen molar-refractivity contribution >= 4 is 34.0 Å². The van der Waals surface area contributed by atoms with E-state index < -0.39 is 5.97 Å². The summed E-state index contributed by atoms with van der Waals surface area (Å²) in [5.41, 5.74) is 4.72. The smallest absolute Gasteiger partial charge is 0.344 e. The van der Waals surface area contributed by atoms with Crippen LogP contribution in [0.1, 0.15) is 32.0 Å². The highest BCUT2D eigenvalue weighted by molar-refractivity contribution is 9.10. The molecule has 3 rings (SSSR count). The number of methoxy groups -OCH3 is 1. The SMILES string of the molecule is COc1cc(/C=N\NC(=O)c2ccc(C)nc2)ccc1OC(=O)c1ccccc1Br. The van der Waals surface area contributed by atoms with Crippen LogP contribution < -0.4 is 14.9 Å². The maximum Gasteiger partial charge on any atom is 0.344 e. The maximum absolute atomic E-state index is 12.4. The second-order valence-electron chi connectivity index (χ2n) is 6.17. The number of nitrogens with one attached hydrogen (secondary N) is 1. The molecule has 1 aromatic heterocycles. The van der Waals surface area contributed by atoms with Gasteiger partial charge in [-0.1, -0.05) is 12.1 Å². The molecule has 0 saturated heterocycles. The number of nitrogens with zero attached hydrogens (tertiary/aromatic N) is 2. The predicted molar refractivity (Wildman–Crippen MR) is 116 cm³/mol. The molecule has 1 N–H and O–H groups in total. The van der Waals surface area contributed by atoms with Gasteiger partial charge in [-0.05, 0) is 70.9 Å². The first-order valence-corrected chi connectivity index (χ1v) is 9.68. The number of ether oxygens (including phenoxy) is 2. The minimum absolute atomic E-state index is 0.269. The Labute approximate surface area is 181 Å². The van der Waals surface area contributed by atoms with E-state index in [0.717, 1.165) is 5.69 Å². The zero-order valence-electron chi connectivity index (χ0n) is 16.3. The van der Waals surface area contributed by atoms with Crippen LogP contribution in [0, 0.1) is 6.92 Å². The summed E-state index contributed by atoms with van der Waals surface area (Å²) in [6.07, 6.45) is 2.94. The second-order valence-corrected chi connectivity index (χ2v) is 7.02. The summed E-state index contributed by atoms with van der Waals surface area (Å²) in [5, 5.41) is 3.94. The van der Waals surface area contributed by atoms with Gasteiger partial charge < -0.3 is 9.47 Å². The molecule has 0 aliphatic rings. The molecule has 8 heteroatoms. The van der Waals surface area contributed by atoms with Gasteiger partial charge in [-0.15, -0.1) is 0 Å². The largest absolute Gasteiger partial charge is 0.493 e. The van der Waals surface area contributed by atoms with Crippen molar-refractivity contribution in [2.45, 2.75) is 6.92 Å². The van der Waals surface area contributed by atoms with Gasteiger partial charge in [-0.25, -0.2) is 10.2 Å². The standard InChI is InChI=1S/C22H18BrN3O4/c1-14-7-9-16(13-24-14)21(27)26-25-12-15-8-10-19(20(11-15)29-2)30-22(28)17-5-3-4-6-18(17)23/h3-13H,1-2H3,(H,26,27)/b25-12-. The highest BCUT2D eigenvalue weighted by atomic mass is 79.9. The van der Waals surface area contributed by atoms with Gasteiger partial charge in [0.05, 0.1) is 24.5 Å². The van der Waals surface area contributed by atoms with E-state index in [1.807, 2.05) is 13.0 Å². The lowest BCUT2D eigenvalue weighted by molar-refractivity contribution is 0.0728. The highest BCUT2D eigenvalue weighted by Crippen LogP contribution is 2.29. The monoisotopic (exact) mass is 467 g/mol. The third-order valence-corrected chi connectivity index (χ3v) is 4.73. The molecule has 7 nitrogen and oxygen atoms in total. The fourth-order valence-corrected chi connectivity index (χ4v) is 2.91. The summed E-state index contributed by atoms with van der Waals surface area (Å²) < 4.78 is 11.4. The van der Waals surface area contributed by atoms with Crippen molar-refractivity contribution in [3.63, 3.8) is 0 Å². The first kappa shape index (κ1) is 21.2. The van der Waals surface area contributed by atoms with Gasteiger partial charge >= 0.3 is 5.97 Å². The molecule has 0 unspecified atom stereocenters. The molecule has 1 amide bonds. The summed E-state index contributed by atoms with van der Waals surface area (Å²) >= 11 is 3.33. The van der Waals surface area contributed by atoms with Crippen LogP contribution in [-0.2, 0) is 0 Å². The van der Waals surface area contributed by atoms with E-state index in [9.17, 15) is 9.59 Å². The van der Waals surface area contributed by atoms with Crippen molar-refractivity contribution < 1.29 is 19.1 Å². The number of halogens is 1. The lowest BCUT2D eigenvalue weighted by atomic mass is 10.2. The second kappa shape index (κ2) is 9.80. The van der Waals surface area contributed by atoms with E-state index in [4.69, 9.17) is 9.47 Å². The number of hydrazone groups is 1. The molecule has 0 bridgehead atoms. The minimum atomic E-state index is -0.513. The minimum Gasteiger partial charge on any atom is -0.493 e. The zero-order chi connectivity index (χ0) is 21.5. The maximum atomic E-state index is 12.4. The summed E-state index contributed by atoms with van der Waals surface area (Å²) in [6, 6.07) is 15.3. The van der Waals surface area contributed by atoms with Gasteiger partial charge in [-0.2, -0.15) is 5.10 Å². The molecule has 0 aliphatic heterocycles. The first-order chi connectivity index (χ1) is 14.5. The topological polar surface area (TPSA) is 89.9 Å². The van der Waals surface area contributed by atoms with E-state index >= 15 is 0 Å². The molecule has 0 atom stereocenters. The number of hydrogen-bond acceptors (Lipinski definition) is 6. The quantitative estimate of drug-likeness (QED) is 0.254. The Bertz CT molecular complexity index is 1100. The number of carbonyl (C=O) groups excluding carboxylic acids is 2. The molecule has 1 heterocycles. The summed E-state index contributed by atoms with van der Waals surface area (Å²) in [6.45, 7) is 1.84.